The van der Waals surface area contributed by atoms with Crippen molar-refractivity contribution >= 4 is 29.2 Å². The minimum absolute atomic E-state index is 0.211. The van der Waals surface area contributed by atoms with Crippen molar-refractivity contribution in [3.63, 3.8) is 0 Å². The molecule has 0 saturated carbocycles. The van der Waals surface area contributed by atoms with Gasteiger partial charge >= 0.3 is 5.97 Å². The molecular formula is C18H18N4O3S. The van der Waals surface area contributed by atoms with Crippen LogP contribution in [-0.2, 0) is 27.5 Å². The highest BCUT2D eigenvalue weighted by molar-refractivity contribution is 7.99. The Hall–Kier alpha value is -2.63. The summed E-state index contributed by atoms with van der Waals surface area (Å²) >= 11 is 1.50. The normalized spacial score (nSPS) is 12.3. The Morgan fingerprint density at radius 2 is 2.15 bits per heavy atom. The van der Waals surface area contributed by atoms with E-state index in [-0.39, 0.29) is 5.97 Å². The van der Waals surface area contributed by atoms with Crippen molar-refractivity contribution in [2.24, 2.45) is 0 Å². The lowest BCUT2D eigenvalue weighted by Gasteiger charge is -2.11. The fraction of sp³-hybridized carbons (Fsp3) is 0.333. The van der Waals surface area contributed by atoms with Gasteiger partial charge in [-0.1, -0.05) is 11.8 Å². The Bertz CT molecular complexity index is 834. The summed E-state index contributed by atoms with van der Waals surface area (Å²) in [6, 6.07) is 9.28. The number of thioether (sulfide) groups is 1. The van der Waals surface area contributed by atoms with Gasteiger partial charge in [-0.25, -0.2) is 9.97 Å². The molecule has 7 nitrogen and oxygen atoms in total. The van der Waals surface area contributed by atoms with Crippen LogP contribution in [0.2, 0.25) is 0 Å². The van der Waals surface area contributed by atoms with Crippen LogP contribution in [-0.4, -0.2) is 28.8 Å². The average molecular weight is 370 g/mol. The molecule has 1 aromatic carbocycles. The number of ether oxygens (including phenoxy) is 2. The molecule has 0 fully saturated rings. The first-order valence-electron chi connectivity index (χ1n) is 8.14. The van der Waals surface area contributed by atoms with Gasteiger partial charge in [0.2, 0.25) is 0 Å². The summed E-state index contributed by atoms with van der Waals surface area (Å²) in [7, 11) is 1.39. The van der Waals surface area contributed by atoms with E-state index in [1.165, 1.54) is 18.9 Å². The molecule has 2 heterocycles. The molecule has 0 aliphatic carbocycles. The maximum atomic E-state index is 11.2. The summed E-state index contributed by atoms with van der Waals surface area (Å²) in [5.74, 6) is 1.23. The molecule has 1 N–H and O–H groups in total. The molecule has 0 radical (unpaired) electrons. The summed E-state index contributed by atoms with van der Waals surface area (Å²) < 4.78 is 10.1. The third kappa shape index (κ3) is 4.50. The first-order chi connectivity index (χ1) is 12.7. The fourth-order valence-corrected chi connectivity index (χ4v) is 3.25. The highest BCUT2D eigenvalue weighted by Crippen LogP contribution is 2.30. The largest absolute Gasteiger partial charge is 0.469 e. The van der Waals surface area contributed by atoms with Gasteiger partial charge in [0.05, 0.1) is 37.7 Å². The molecule has 2 aromatic rings. The number of fused-ring (bicyclic) bond motifs is 1. The highest BCUT2D eigenvalue weighted by atomic mass is 32.2. The Balaban J connectivity index is 1.71. The lowest BCUT2D eigenvalue weighted by Crippen LogP contribution is -2.04. The third-order valence-corrected chi connectivity index (χ3v) is 4.75. The maximum Gasteiger partial charge on any atom is 0.305 e. The van der Waals surface area contributed by atoms with Gasteiger partial charge in [-0.05, 0) is 30.7 Å². The molecule has 0 atom stereocenters. The molecule has 1 aliphatic heterocycles. The van der Waals surface area contributed by atoms with Crippen molar-refractivity contribution in [2.45, 2.75) is 31.2 Å². The fourth-order valence-electron chi connectivity index (χ4n) is 2.44. The number of benzene rings is 1. The lowest BCUT2D eigenvalue weighted by molar-refractivity contribution is -0.140. The molecule has 26 heavy (non-hydrogen) atoms. The van der Waals surface area contributed by atoms with Gasteiger partial charge in [-0.15, -0.1) is 0 Å². The van der Waals surface area contributed by atoms with E-state index in [2.05, 4.69) is 26.1 Å². The van der Waals surface area contributed by atoms with Crippen molar-refractivity contribution in [1.82, 2.24) is 9.97 Å². The van der Waals surface area contributed by atoms with Crippen LogP contribution < -0.4 is 5.32 Å². The molecule has 0 saturated heterocycles. The van der Waals surface area contributed by atoms with E-state index in [0.717, 1.165) is 22.7 Å². The third-order valence-electron chi connectivity index (χ3n) is 3.82. The number of anilines is 2. The summed E-state index contributed by atoms with van der Waals surface area (Å²) in [5, 5.41) is 12.8. The Kier molecular flexibility index (Phi) is 6.04. The molecular weight excluding hydrogens is 352 g/mol. The van der Waals surface area contributed by atoms with Crippen LogP contribution in [0.5, 0.6) is 0 Å². The van der Waals surface area contributed by atoms with E-state index in [4.69, 9.17) is 10.00 Å². The van der Waals surface area contributed by atoms with E-state index in [1.807, 2.05) is 12.1 Å². The van der Waals surface area contributed by atoms with Gasteiger partial charge in [-0.3, -0.25) is 4.79 Å². The average Bonchev–Trinajstić information content (AvgIpc) is 3.14. The van der Waals surface area contributed by atoms with Crippen LogP contribution in [0.3, 0.4) is 0 Å². The van der Waals surface area contributed by atoms with Crippen LogP contribution in [0.25, 0.3) is 0 Å². The molecule has 8 heteroatoms. The second-order valence-electron chi connectivity index (χ2n) is 5.62. The summed E-state index contributed by atoms with van der Waals surface area (Å²) in [4.78, 5) is 20.3. The number of carbonyl (C=O) groups is 1. The number of nitrogens with one attached hydrogen (secondary N) is 1. The quantitative estimate of drug-likeness (QED) is 0.343. The van der Waals surface area contributed by atoms with E-state index in [1.54, 1.807) is 12.1 Å². The molecule has 1 aromatic heterocycles. The Morgan fingerprint density at radius 3 is 2.88 bits per heavy atom. The van der Waals surface area contributed by atoms with Gasteiger partial charge in [0.1, 0.15) is 5.82 Å². The number of hydrogen-bond donors (Lipinski definition) is 1. The number of carbonyl (C=O) groups excluding carboxylic acids is 1. The predicted octanol–water partition coefficient (Wildman–Crippen LogP) is 3.17. The number of rotatable bonds is 7. The zero-order valence-electron chi connectivity index (χ0n) is 14.3. The second-order valence-corrected chi connectivity index (χ2v) is 6.68. The molecule has 134 valence electrons. The second kappa shape index (κ2) is 8.65. The van der Waals surface area contributed by atoms with Crippen molar-refractivity contribution in [1.29, 1.82) is 5.26 Å². The predicted molar refractivity (Wildman–Crippen MR) is 96.9 cm³/mol. The van der Waals surface area contributed by atoms with E-state index >= 15 is 0 Å². The Morgan fingerprint density at radius 1 is 1.35 bits per heavy atom. The zero-order valence-corrected chi connectivity index (χ0v) is 15.1. The van der Waals surface area contributed by atoms with Crippen LogP contribution in [0, 0.1) is 11.3 Å². The van der Waals surface area contributed by atoms with Gasteiger partial charge in [0.25, 0.3) is 0 Å². The topological polar surface area (TPSA) is 97.1 Å². The van der Waals surface area contributed by atoms with Crippen LogP contribution in [0.4, 0.5) is 11.5 Å². The van der Waals surface area contributed by atoms with Gasteiger partial charge < -0.3 is 14.8 Å². The molecule has 3 rings (SSSR count). The number of hydrogen-bond acceptors (Lipinski definition) is 8. The molecule has 0 bridgehead atoms. The molecule has 0 unspecified atom stereocenters. The first-order valence-corrected chi connectivity index (χ1v) is 9.12. The molecule has 0 spiro atoms. The van der Waals surface area contributed by atoms with E-state index in [9.17, 15) is 4.79 Å². The van der Waals surface area contributed by atoms with Crippen molar-refractivity contribution < 1.29 is 14.3 Å². The standard InChI is InChI=1S/C18H18N4O3S/c1-24-16(23)3-2-8-26-18-21-15-11-25-10-14(15)17(22-18)20-13-6-4-12(9-19)5-7-13/h4-7H,2-3,8,10-11H2,1H3,(H,20,21,22). The maximum absolute atomic E-state index is 11.2. The number of aromatic nitrogens is 2. The molecule has 0 amide bonds. The van der Waals surface area contributed by atoms with Crippen molar-refractivity contribution in [3.8, 4) is 6.07 Å². The number of nitriles is 1. The van der Waals surface area contributed by atoms with Crippen molar-refractivity contribution in [2.75, 3.05) is 18.2 Å². The lowest BCUT2D eigenvalue weighted by atomic mass is 10.2. The van der Waals surface area contributed by atoms with Crippen LogP contribution >= 0.6 is 11.8 Å². The first kappa shape index (κ1) is 18.2. The number of esters is 1. The number of methoxy groups -OCH3 is 1. The Labute approximate surface area is 155 Å². The van der Waals surface area contributed by atoms with Crippen molar-refractivity contribution in [3.05, 3.63) is 41.1 Å². The van der Waals surface area contributed by atoms with E-state index in [0.29, 0.717) is 42.6 Å². The highest BCUT2D eigenvalue weighted by Gasteiger charge is 2.20. The summed E-state index contributed by atoms with van der Waals surface area (Å²) in [5.41, 5.74) is 3.28. The van der Waals surface area contributed by atoms with Gasteiger partial charge in [0.15, 0.2) is 5.16 Å². The van der Waals surface area contributed by atoms with Crippen LogP contribution in [0.15, 0.2) is 29.4 Å². The SMILES string of the molecule is COC(=O)CCCSc1nc2c(c(Nc3ccc(C#N)cc3)n1)COC2. The number of nitrogens with zero attached hydrogens (tertiary/aromatic N) is 3. The minimum atomic E-state index is -0.211. The minimum Gasteiger partial charge on any atom is -0.469 e. The summed E-state index contributed by atoms with van der Waals surface area (Å²) in [6.07, 6.45) is 1.08. The van der Waals surface area contributed by atoms with Crippen LogP contribution in [0.1, 0.15) is 29.7 Å². The molecule has 1 aliphatic rings. The summed E-state index contributed by atoms with van der Waals surface area (Å²) in [6.45, 7) is 0.941. The smallest absolute Gasteiger partial charge is 0.305 e. The van der Waals surface area contributed by atoms with Gasteiger partial charge in [-0.2, -0.15) is 5.26 Å². The monoisotopic (exact) mass is 370 g/mol. The van der Waals surface area contributed by atoms with E-state index < -0.39 is 0 Å². The zero-order chi connectivity index (χ0) is 18.4. The van der Waals surface area contributed by atoms with Gasteiger partial charge in [0, 0.05) is 23.4 Å².